The predicted octanol–water partition coefficient (Wildman–Crippen LogP) is 3.70. The standard InChI is InChI=1S/C22H21N3O3/c1-14-5-8-16(9-6-14)25-19(21-18(22(25)27)4-3-11-23-21)12-20(26)24-13-17-10-7-15(2)28-17/h3-11,19H,12-13H2,1-2H3,(H,24,26). The third-order valence-corrected chi connectivity index (χ3v) is 4.86. The van der Waals surface area contributed by atoms with Crippen LogP contribution in [0.1, 0.15) is 45.6 Å². The highest BCUT2D eigenvalue weighted by atomic mass is 16.3. The van der Waals surface area contributed by atoms with Crippen LogP contribution in [0, 0.1) is 13.8 Å². The summed E-state index contributed by atoms with van der Waals surface area (Å²) >= 11 is 0. The van der Waals surface area contributed by atoms with Crippen molar-refractivity contribution in [3.63, 3.8) is 0 Å². The summed E-state index contributed by atoms with van der Waals surface area (Å²) in [4.78, 5) is 31.7. The van der Waals surface area contributed by atoms with Gasteiger partial charge in [0.1, 0.15) is 11.5 Å². The van der Waals surface area contributed by atoms with E-state index in [2.05, 4.69) is 10.3 Å². The number of hydrogen-bond donors (Lipinski definition) is 1. The van der Waals surface area contributed by atoms with Gasteiger partial charge in [0.2, 0.25) is 5.91 Å². The number of nitrogens with zero attached hydrogens (tertiary/aromatic N) is 2. The van der Waals surface area contributed by atoms with Gasteiger partial charge in [-0.2, -0.15) is 0 Å². The minimum Gasteiger partial charge on any atom is -0.465 e. The first-order chi connectivity index (χ1) is 13.5. The van der Waals surface area contributed by atoms with Gasteiger partial charge in [-0.3, -0.25) is 19.5 Å². The number of carbonyl (C=O) groups excluding carboxylic acids is 2. The molecule has 0 saturated carbocycles. The van der Waals surface area contributed by atoms with Crippen LogP contribution in [0.3, 0.4) is 0 Å². The van der Waals surface area contributed by atoms with Crippen LogP contribution in [0.15, 0.2) is 59.1 Å². The number of pyridine rings is 1. The summed E-state index contributed by atoms with van der Waals surface area (Å²) in [5.74, 6) is 1.20. The smallest absolute Gasteiger partial charge is 0.260 e. The number of aryl methyl sites for hydroxylation is 2. The number of furan rings is 1. The van der Waals surface area contributed by atoms with E-state index in [0.717, 1.165) is 17.0 Å². The molecule has 28 heavy (non-hydrogen) atoms. The van der Waals surface area contributed by atoms with Gasteiger partial charge in [-0.15, -0.1) is 0 Å². The largest absolute Gasteiger partial charge is 0.465 e. The summed E-state index contributed by atoms with van der Waals surface area (Å²) in [5, 5.41) is 2.87. The average Bonchev–Trinajstić information content (AvgIpc) is 3.23. The first-order valence-electron chi connectivity index (χ1n) is 9.20. The van der Waals surface area contributed by atoms with Crippen molar-refractivity contribution in [3.05, 3.63) is 83.1 Å². The zero-order valence-electron chi connectivity index (χ0n) is 15.8. The summed E-state index contributed by atoms with van der Waals surface area (Å²) in [6.45, 7) is 4.16. The van der Waals surface area contributed by atoms with Gasteiger partial charge in [-0.25, -0.2) is 0 Å². The van der Waals surface area contributed by atoms with Crippen LogP contribution < -0.4 is 10.2 Å². The second-order valence-electron chi connectivity index (χ2n) is 6.96. The number of carbonyl (C=O) groups is 2. The van der Waals surface area contributed by atoms with Gasteiger partial charge in [0, 0.05) is 11.9 Å². The van der Waals surface area contributed by atoms with Crippen molar-refractivity contribution < 1.29 is 14.0 Å². The van der Waals surface area contributed by atoms with Crippen molar-refractivity contribution in [1.29, 1.82) is 0 Å². The lowest BCUT2D eigenvalue weighted by Crippen LogP contribution is -2.32. The number of anilines is 1. The highest BCUT2D eigenvalue weighted by Crippen LogP contribution is 2.38. The molecule has 0 saturated heterocycles. The van der Waals surface area contributed by atoms with Crippen LogP contribution in [0.5, 0.6) is 0 Å². The van der Waals surface area contributed by atoms with E-state index in [0.29, 0.717) is 23.6 Å². The summed E-state index contributed by atoms with van der Waals surface area (Å²) in [6, 6.07) is 14.5. The molecule has 2 amide bonds. The van der Waals surface area contributed by atoms with Crippen LogP contribution in [-0.2, 0) is 11.3 Å². The van der Waals surface area contributed by atoms with Crippen LogP contribution in [0.4, 0.5) is 5.69 Å². The molecular formula is C22H21N3O3. The second-order valence-corrected chi connectivity index (χ2v) is 6.96. The lowest BCUT2D eigenvalue weighted by molar-refractivity contribution is -0.121. The quantitative estimate of drug-likeness (QED) is 0.738. The molecule has 0 fully saturated rings. The van der Waals surface area contributed by atoms with Gasteiger partial charge in [-0.05, 0) is 50.2 Å². The Morgan fingerprint density at radius 3 is 2.64 bits per heavy atom. The zero-order valence-corrected chi connectivity index (χ0v) is 15.8. The molecule has 0 aliphatic carbocycles. The lowest BCUT2D eigenvalue weighted by Gasteiger charge is -2.24. The normalized spacial score (nSPS) is 15.6. The Hall–Kier alpha value is -3.41. The molecule has 6 nitrogen and oxygen atoms in total. The molecule has 3 heterocycles. The van der Waals surface area contributed by atoms with Gasteiger partial charge >= 0.3 is 0 Å². The molecule has 1 unspecified atom stereocenters. The summed E-state index contributed by atoms with van der Waals surface area (Å²) in [7, 11) is 0. The molecule has 3 aromatic rings. The fraction of sp³-hybridized carbons (Fsp3) is 0.227. The summed E-state index contributed by atoms with van der Waals surface area (Å²) in [5.41, 5.74) is 3.04. The van der Waals surface area contributed by atoms with E-state index in [1.165, 1.54) is 0 Å². The maximum absolute atomic E-state index is 13.0. The number of aromatic nitrogens is 1. The topological polar surface area (TPSA) is 75.4 Å². The Kier molecular flexibility index (Phi) is 4.69. The van der Waals surface area contributed by atoms with Crippen LogP contribution in [-0.4, -0.2) is 16.8 Å². The van der Waals surface area contributed by atoms with Crippen LogP contribution in [0.25, 0.3) is 0 Å². The number of benzene rings is 1. The molecule has 2 aromatic heterocycles. The zero-order chi connectivity index (χ0) is 19.7. The van der Waals surface area contributed by atoms with Gasteiger partial charge < -0.3 is 9.73 Å². The molecule has 1 aliphatic heterocycles. The number of hydrogen-bond acceptors (Lipinski definition) is 4. The molecule has 1 N–H and O–H groups in total. The van der Waals surface area contributed by atoms with Crippen molar-refractivity contribution >= 4 is 17.5 Å². The Morgan fingerprint density at radius 1 is 1.14 bits per heavy atom. The molecule has 0 bridgehead atoms. The van der Waals surface area contributed by atoms with Crippen LogP contribution >= 0.6 is 0 Å². The predicted molar refractivity (Wildman–Crippen MR) is 105 cm³/mol. The Labute approximate surface area is 163 Å². The van der Waals surface area contributed by atoms with E-state index >= 15 is 0 Å². The summed E-state index contributed by atoms with van der Waals surface area (Å²) in [6.07, 6.45) is 1.78. The monoisotopic (exact) mass is 375 g/mol. The molecule has 0 radical (unpaired) electrons. The third-order valence-electron chi connectivity index (χ3n) is 4.86. The highest BCUT2D eigenvalue weighted by molar-refractivity contribution is 6.11. The van der Waals surface area contributed by atoms with Crippen molar-refractivity contribution in [2.24, 2.45) is 0 Å². The SMILES string of the molecule is Cc1ccc(N2C(=O)c3cccnc3C2CC(=O)NCc2ccc(C)o2)cc1. The molecule has 6 heteroatoms. The molecule has 1 aliphatic rings. The van der Waals surface area contributed by atoms with Crippen LogP contribution in [0.2, 0.25) is 0 Å². The number of nitrogens with one attached hydrogen (secondary N) is 1. The van der Waals surface area contributed by atoms with Crippen molar-refractivity contribution in [2.75, 3.05) is 4.90 Å². The molecule has 0 spiro atoms. The fourth-order valence-corrected chi connectivity index (χ4v) is 3.46. The third kappa shape index (κ3) is 3.41. The van der Waals surface area contributed by atoms with E-state index in [1.54, 1.807) is 23.2 Å². The van der Waals surface area contributed by atoms with E-state index in [4.69, 9.17) is 4.42 Å². The lowest BCUT2D eigenvalue weighted by atomic mass is 10.1. The van der Waals surface area contributed by atoms with Gasteiger partial charge in [-0.1, -0.05) is 17.7 Å². The first kappa shape index (κ1) is 18.0. The number of rotatable bonds is 5. The minimum atomic E-state index is -0.440. The van der Waals surface area contributed by atoms with Gasteiger partial charge in [0.15, 0.2) is 0 Å². The van der Waals surface area contributed by atoms with E-state index in [1.807, 2.05) is 50.2 Å². The van der Waals surface area contributed by atoms with Crippen molar-refractivity contribution in [3.8, 4) is 0 Å². The van der Waals surface area contributed by atoms with Crippen molar-refractivity contribution in [1.82, 2.24) is 10.3 Å². The maximum Gasteiger partial charge on any atom is 0.260 e. The van der Waals surface area contributed by atoms with Gasteiger partial charge in [0.25, 0.3) is 5.91 Å². The molecule has 4 rings (SSSR count). The Balaban J connectivity index is 1.57. The van der Waals surface area contributed by atoms with E-state index in [-0.39, 0.29) is 18.2 Å². The average molecular weight is 375 g/mol. The highest BCUT2D eigenvalue weighted by Gasteiger charge is 2.39. The second kappa shape index (κ2) is 7.31. The summed E-state index contributed by atoms with van der Waals surface area (Å²) < 4.78 is 5.49. The van der Waals surface area contributed by atoms with Crippen molar-refractivity contribution in [2.45, 2.75) is 32.9 Å². The first-order valence-corrected chi connectivity index (χ1v) is 9.20. The number of fused-ring (bicyclic) bond motifs is 1. The van der Waals surface area contributed by atoms with Gasteiger partial charge in [0.05, 0.1) is 30.3 Å². The molecule has 1 aromatic carbocycles. The minimum absolute atomic E-state index is 0.128. The Morgan fingerprint density at radius 2 is 1.93 bits per heavy atom. The fourth-order valence-electron chi connectivity index (χ4n) is 3.46. The maximum atomic E-state index is 13.0. The van der Waals surface area contributed by atoms with E-state index < -0.39 is 6.04 Å². The molecule has 1 atom stereocenters. The molecule has 142 valence electrons. The van der Waals surface area contributed by atoms with E-state index in [9.17, 15) is 9.59 Å². The molecular weight excluding hydrogens is 354 g/mol. The Bertz CT molecular complexity index is 1020. The number of amides is 2.